The van der Waals surface area contributed by atoms with Gasteiger partial charge in [0.25, 0.3) is 0 Å². The first-order valence-corrected chi connectivity index (χ1v) is 9.15. The lowest BCUT2D eigenvalue weighted by molar-refractivity contribution is 0.00445. The Hall–Kier alpha value is -1.90. The molecule has 6 N–H and O–H groups in total. The van der Waals surface area contributed by atoms with Crippen LogP contribution in [0.3, 0.4) is 0 Å². The highest BCUT2D eigenvalue weighted by Gasteiger charge is 2.41. The second-order valence-electron chi connectivity index (χ2n) is 6.40. The van der Waals surface area contributed by atoms with Gasteiger partial charge in [0.05, 0.1) is 17.7 Å². The molecule has 1 aromatic heterocycles. The third-order valence-corrected chi connectivity index (χ3v) is 5.24. The van der Waals surface area contributed by atoms with Crippen LogP contribution < -0.4 is 11.1 Å². The molecule has 0 saturated heterocycles. The van der Waals surface area contributed by atoms with E-state index in [2.05, 4.69) is 15.3 Å². The second-order valence-corrected chi connectivity index (χ2v) is 7.17. The van der Waals surface area contributed by atoms with Gasteiger partial charge in [-0.15, -0.1) is 0 Å². The van der Waals surface area contributed by atoms with Crippen molar-refractivity contribution in [2.75, 3.05) is 17.7 Å². The number of aliphatic hydroxyl groups excluding tert-OH is 3. The Labute approximate surface area is 166 Å². The minimum atomic E-state index is -1.06. The third kappa shape index (κ3) is 4.34. The molecule has 7 nitrogen and oxygen atoms in total. The van der Waals surface area contributed by atoms with E-state index in [4.69, 9.17) is 28.9 Å². The molecule has 0 spiro atoms. The molecule has 1 heterocycles. The van der Waals surface area contributed by atoms with Gasteiger partial charge in [-0.2, -0.15) is 4.98 Å². The van der Waals surface area contributed by atoms with E-state index in [1.165, 1.54) is 0 Å². The summed E-state index contributed by atoms with van der Waals surface area (Å²) in [5, 5.41) is 33.3. The highest BCUT2D eigenvalue weighted by Crippen LogP contribution is 2.32. The molecule has 1 aliphatic rings. The number of halogens is 2. The molecule has 1 fully saturated rings. The van der Waals surface area contributed by atoms with Crippen molar-refractivity contribution in [2.24, 2.45) is 5.92 Å². The van der Waals surface area contributed by atoms with Crippen LogP contribution in [0.5, 0.6) is 0 Å². The molecule has 0 unspecified atom stereocenters. The zero-order valence-corrected chi connectivity index (χ0v) is 15.8. The monoisotopic (exact) mass is 410 g/mol. The smallest absolute Gasteiger partial charge is 0.223 e. The van der Waals surface area contributed by atoms with Crippen LogP contribution >= 0.6 is 23.2 Å². The standard InChI is InChI=1S/C18H20Cl2N4O3/c19-12-4-2-1-3-9(12)5-6-11-16(20)23-18(21)24-17(11)22-13-7-10(8-25)14(26)15(13)27/h1-6,10,13-15,25-27H,7-8H2,(H3,21,22,23,24)/t10-,13-,14-,15+/m1/s1. The number of nitrogen functional groups attached to an aromatic ring is 1. The van der Waals surface area contributed by atoms with Crippen LogP contribution in [0.1, 0.15) is 17.5 Å². The van der Waals surface area contributed by atoms with Gasteiger partial charge in [0.2, 0.25) is 5.95 Å². The van der Waals surface area contributed by atoms with E-state index in [-0.39, 0.29) is 17.7 Å². The maximum absolute atomic E-state index is 10.2. The number of aromatic nitrogens is 2. The Balaban J connectivity index is 1.91. The number of nitrogens with one attached hydrogen (secondary N) is 1. The highest BCUT2D eigenvalue weighted by atomic mass is 35.5. The molecular formula is C18H20Cl2N4O3. The van der Waals surface area contributed by atoms with Gasteiger partial charge >= 0.3 is 0 Å². The lowest BCUT2D eigenvalue weighted by Crippen LogP contribution is -2.35. The summed E-state index contributed by atoms with van der Waals surface area (Å²) in [6, 6.07) is 6.79. The summed E-state index contributed by atoms with van der Waals surface area (Å²) < 4.78 is 0. The summed E-state index contributed by atoms with van der Waals surface area (Å²) in [6.45, 7) is -0.220. The van der Waals surface area contributed by atoms with Gasteiger partial charge in [-0.25, -0.2) is 4.98 Å². The van der Waals surface area contributed by atoms with E-state index in [1.54, 1.807) is 18.2 Å². The third-order valence-electron chi connectivity index (χ3n) is 4.61. The van der Waals surface area contributed by atoms with Crippen molar-refractivity contribution in [3.05, 3.63) is 45.6 Å². The average Bonchev–Trinajstić information content (AvgIpc) is 2.90. The zero-order chi connectivity index (χ0) is 19.6. The van der Waals surface area contributed by atoms with Crippen LogP contribution in [0.25, 0.3) is 12.2 Å². The van der Waals surface area contributed by atoms with Crippen LogP contribution in [0.15, 0.2) is 24.3 Å². The molecule has 9 heteroatoms. The van der Waals surface area contributed by atoms with Gasteiger partial charge in [-0.3, -0.25) is 0 Å². The number of benzene rings is 1. The van der Waals surface area contributed by atoms with E-state index in [0.29, 0.717) is 22.8 Å². The van der Waals surface area contributed by atoms with Crippen LogP contribution in [0, 0.1) is 5.92 Å². The Bertz CT molecular complexity index is 849. The lowest BCUT2D eigenvalue weighted by Gasteiger charge is -2.20. The number of hydrogen-bond acceptors (Lipinski definition) is 7. The van der Waals surface area contributed by atoms with E-state index in [0.717, 1.165) is 5.56 Å². The number of nitrogens with two attached hydrogens (primary N) is 1. The Morgan fingerprint density at radius 3 is 2.56 bits per heavy atom. The van der Waals surface area contributed by atoms with Gasteiger partial charge in [-0.05, 0) is 24.1 Å². The number of aliphatic hydroxyl groups is 3. The maximum atomic E-state index is 10.2. The van der Waals surface area contributed by atoms with E-state index in [9.17, 15) is 15.3 Å². The molecule has 4 atom stereocenters. The second kappa shape index (κ2) is 8.41. The molecule has 1 aromatic carbocycles. The van der Waals surface area contributed by atoms with Crippen molar-refractivity contribution in [3.8, 4) is 0 Å². The predicted octanol–water partition coefficient (Wildman–Crippen LogP) is 2.05. The fourth-order valence-corrected chi connectivity index (χ4v) is 3.56. The van der Waals surface area contributed by atoms with Gasteiger partial charge < -0.3 is 26.4 Å². The quantitative estimate of drug-likeness (QED) is 0.477. The highest BCUT2D eigenvalue weighted by molar-refractivity contribution is 6.32. The number of anilines is 2. The fraction of sp³-hybridized carbons (Fsp3) is 0.333. The molecule has 2 aromatic rings. The molecule has 1 aliphatic carbocycles. The molecule has 3 rings (SSSR count). The van der Waals surface area contributed by atoms with Crippen molar-refractivity contribution in [2.45, 2.75) is 24.7 Å². The Kier molecular flexibility index (Phi) is 6.18. The Morgan fingerprint density at radius 1 is 1.15 bits per heavy atom. The molecule has 0 aliphatic heterocycles. The molecule has 144 valence electrons. The first-order valence-electron chi connectivity index (χ1n) is 8.40. The van der Waals surface area contributed by atoms with E-state index in [1.807, 2.05) is 18.2 Å². The number of hydrogen-bond donors (Lipinski definition) is 5. The van der Waals surface area contributed by atoms with E-state index >= 15 is 0 Å². The summed E-state index contributed by atoms with van der Waals surface area (Å²) in [6.07, 6.45) is 1.76. The number of rotatable bonds is 5. The van der Waals surface area contributed by atoms with Crippen LogP contribution in [-0.2, 0) is 0 Å². The van der Waals surface area contributed by atoms with Gasteiger partial charge in [-0.1, -0.05) is 47.5 Å². The largest absolute Gasteiger partial charge is 0.396 e. The lowest BCUT2D eigenvalue weighted by atomic mass is 10.1. The van der Waals surface area contributed by atoms with Gasteiger partial charge in [0.15, 0.2) is 0 Å². The first kappa shape index (κ1) is 19.9. The van der Waals surface area contributed by atoms with Crippen molar-refractivity contribution in [1.82, 2.24) is 9.97 Å². The Morgan fingerprint density at radius 2 is 1.89 bits per heavy atom. The minimum Gasteiger partial charge on any atom is -0.396 e. The molecular weight excluding hydrogens is 391 g/mol. The van der Waals surface area contributed by atoms with Crippen LogP contribution in [-0.4, -0.2) is 50.1 Å². The zero-order valence-electron chi connectivity index (χ0n) is 14.3. The summed E-state index contributed by atoms with van der Waals surface area (Å²) in [7, 11) is 0. The predicted molar refractivity (Wildman–Crippen MR) is 106 cm³/mol. The topological polar surface area (TPSA) is 125 Å². The molecule has 0 amide bonds. The maximum Gasteiger partial charge on any atom is 0.223 e. The fourth-order valence-electron chi connectivity index (χ4n) is 3.12. The van der Waals surface area contributed by atoms with Crippen LogP contribution in [0.4, 0.5) is 11.8 Å². The number of nitrogens with zero attached hydrogens (tertiary/aromatic N) is 2. The SMILES string of the molecule is Nc1nc(Cl)c(C=Cc2ccccc2Cl)c(N[C@@H]2C[C@H](CO)[C@@H](O)[C@H]2O)n1. The van der Waals surface area contributed by atoms with Crippen molar-refractivity contribution < 1.29 is 15.3 Å². The average molecular weight is 411 g/mol. The van der Waals surface area contributed by atoms with Crippen LogP contribution in [0.2, 0.25) is 10.2 Å². The van der Waals surface area contributed by atoms with Crippen molar-refractivity contribution in [3.63, 3.8) is 0 Å². The van der Waals surface area contributed by atoms with Gasteiger partial charge in [0, 0.05) is 17.5 Å². The van der Waals surface area contributed by atoms with Gasteiger partial charge in [0.1, 0.15) is 17.1 Å². The van der Waals surface area contributed by atoms with Crippen molar-refractivity contribution >= 4 is 47.1 Å². The minimum absolute atomic E-state index is 0.0239. The summed E-state index contributed by atoms with van der Waals surface area (Å²) in [4.78, 5) is 8.14. The van der Waals surface area contributed by atoms with Crippen molar-refractivity contribution in [1.29, 1.82) is 0 Å². The normalized spacial score (nSPS) is 25.2. The molecule has 0 bridgehead atoms. The molecule has 27 heavy (non-hydrogen) atoms. The summed E-state index contributed by atoms with van der Waals surface area (Å²) >= 11 is 12.4. The first-order chi connectivity index (χ1) is 12.9. The molecule has 1 saturated carbocycles. The summed E-state index contributed by atoms with van der Waals surface area (Å²) in [5.41, 5.74) is 6.96. The summed E-state index contributed by atoms with van der Waals surface area (Å²) in [5.74, 6) is -0.121. The van der Waals surface area contributed by atoms with E-state index < -0.39 is 24.2 Å². The molecule has 0 radical (unpaired) electrons.